The van der Waals surface area contributed by atoms with Gasteiger partial charge in [-0.3, -0.25) is 10.3 Å². The Morgan fingerprint density at radius 3 is 3.00 bits per heavy atom. The molecule has 3 aromatic rings. The number of aromatic nitrogens is 2. The van der Waals surface area contributed by atoms with Crippen molar-refractivity contribution in [1.82, 2.24) is 24.5 Å². The molecule has 32 heavy (non-hydrogen) atoms. The molecule has 1 saturated heterocycles. The molecule has 8 heteroatoms. The van der Waals surface area contributed by atoms with Crippen molar-refractivity contribution in [2.75, 3.05) is 40.0 Å². The molecule has 1 unspecified atom stereocenters. The van der Waals surface area contributed by atoms with Gasteiger partial charge in [0.05, 0.1) is 36.1 Å². The summed E-state index contributed by atoms with van der Waals surface area (Å²) in [5.41, 5.74) is 1.79. The minimum Gasteiger partial charge on any atom is -0.495 e. The molecule has 0 aliphatic carbocycles. The largest absolute Gasteiger partial charge is 0.495 e. The minimum absolute atomic E-state index is 0.504. The van der Waals surface area contributed by atoms with Crippen molar-refractivity contribution >= 4 is 34.7 Å². The van der Waals surface area contributed by atoms with Crippen LogP contribution in [-0.2, 0) is 0 Å². The van der Waals surface area contributed by atoms with Crippen LogP contribution in [-0.4, -0.2) is 70.3 Å². The van der Waals surface area contributed by atoms with Crippen LogP contribution in [0.4, 0.5) is 0 Å². The molecule has 0 bridgehead atoms. The first-order valence-electron chi connectivity index (χ1n) is 11.1. The van der Waals surface area contributed by atoms with E-state index < -0.39 is 6.10 Å². The van der Waals surface area contributed by atoms with Crippen LogP contribution in [0.3, 0.4) is 0 Å². The average molecular weight is 452 g/mol. The Bertz CT molecular complexity index is 1190. The van der Waals surface area contributed by atoms with Crippen LogP contribution in [0.2, 0.25) is 0 Å². The number of hydrogen-bond donors (Lipinski definition) is 2. The van der Waals surface area contributed by atoms with E-state index in [-0.39, 0.29) is 0 Å². The molecular weight excluding hydrogens is 422 g/mol. The predicted molar refractivity (Wildman–Crippen MR) is 128 cm³/mol. The quantitative estimate of drug-likeness (QED) is 0.561. The van der Waals surface area contributed by atoms with Crippen molar-refractivity contribution < 1.29 is 9.84 Å². The van der Waals surface area contributed by atoms with E-state index in [1.54, 1.807) is 24.8 Å². The maximum absolute atomic E-state index is 11.0. The third kappa shape index (κ3) is 4.63. The van der Waals surface area contributed by atoms with E-state index in [0.29, 0.717) is 18.3 Å². The molecule has 7 nitrogen and oxygen atoms in total. The number of β-amino-alcohol motifs (C(OH)–C–C–N with tert-alkyl or cyclic N) is 1. The fraction of sp³-hybridized carbons (Fsp3) is 0.417. The molecule has 5 rings (SSSR count). The van der Waals surface area contributed by atoms with Crippen LogP contribution >= 0.6 is 11.5 Å². The van der Waals surface area contributed by atoms with Crippen molar-refractivity contribution in [1.29, 1.82) is 0 Å². The number of nitrogens with zero attached hydrogens (tertiary/aromatic N) is 4. The first-order chi connectivity index (χ1) is 15.7. The first kappa shape index (κ1) is 21.3. The molecule has 0 amide bonds. The lowest BCUT2D eigenvalue weighted by Crippen LogP contribution is -2.47. The Hall–Kier alpha value is -2.52. The summed E-state index contributed by atoms with van der Waals surface area (Å²) < 4.78 is 10.9. The van der Waals surface area contributed by atoms with Gasteiger partial charge in [-0.1, -0.05) is 12.1 Å². The molecular formula is C24H29N5O2S. The lowest BCUT2D eigenvalue weighted by Gasteiger charge is -2.35. The van der Waals surface area contributed by atoms with Gasteiger partial charge in [-0.05, 0) is 61.2 Å². The number of benzene rings is 1. The molecule has 0 saturated carbocycles. The maximum Gasteiger partial charge on any atom is 0.137 e. The lowest BCUT2D eigenvalue weighted by atomic mass is 10.0. The number of methoxy groups -OCH3 is 1. The van der Waals surface area contributed by atoms with Crippen LogP contribution in [0.15, 0.2) is 36.7 Å². The van der Waals surface area contributed by atoms with E-state index in [0.717, 1.165) is 55.6 Å². The highest BCUT2D eigenvalue weighted by atomic mass is 32.1. The molecule has 1 atom stereocenters. The highest BCUT2D eigenvalue weighted by molar-refractivity contribution is 7.03. The minimum atomic E-state index is -0.552. The average Bonchev–Trinajstić information content (AvgIpc) is 3.31. The zero-order valence-corrected chi connectivity index (χ0v) is 19.1. The molecule has 168 valence electrons. The number of aliphatic hydroxyl groups is 1. The number of pyridine rings is 1. The Morgan fingerprint density at radius 2 is 2.16 bits per heavy atom. The zero-order chi connectivity index (χ0) is 21.9. The highest BCUT2D eigenvalue weighted by Gasteiger charge is 2.22. The zero-order valence-electron chi connectivity index (χ0n) is 18.3. The van der Waals surface area contributed by atoms with Crippen LogP contribution < -0.4 is 19.8 Å². The first-order valence-corrected chi connectivity index (χ1v) is 11.9. The van der Waals surface area contributed by atoms with Gasteiger partial charge in [0.25, 0.3) is 0 Å². The molecule has 0 radical (unpaired) electrons. The fourth-order valence-corrected chi connectivity index (χ4v) is 5.17. The Kier molecular flexibility index (Phi) is 6.36. The molecule has 1 aromatic carbocycles. The van der Waals surface area contributed by atoms with Gasteiger partial charge < -0.3 is 19.6 Å². The van der Waals surface area contributed by atoms with Crippen molar-refractivity contribution in [2.24, 2.45) is 0 Å². The van der Waals surface area contributed by atoms with Crippen LogP contribution in [0.25, 0.3) is 23.2 Å². The fourth-order valence-electron chi connectivity index (χ4n) is 4.53. The standard InChI is InChI=1S/C24H29N5O2S/c1-31-19-11-21-20(3-2-4-22(21)25-13-19)23(30)15-28-8-5-18(6-9-28)26-16-29-10-7-24-17(14-29)12-27-32-24/h2-4,7,11-14,18,23,26,30H,5-6,8-10,15-16H2,1H3. The van der Waals surface area contributed by atoms with Gasteiger partial charge in [0.1, 0.15) is 5.75 Å². The van der Waals surface area contributed by atoms with Gasteiger partial charge in [0, 0.05) is 42.1 Å². The van der Waals surface area contributed by atoms with Crippen molar-refractivity contribution in [3.05, 3.63) is 52.0 Å². The van der Waals surface area contributed by atoms with Crippen molar-refractivity contribution in [3.8, 4) is 5.75 Å². The number of piperidine rings is 1. The number of rotatable bonds is 7. The summed E-state index contributed by atoms with van der Waals surface area (Å²) in [5.74, 6) is 0.707. The SMILES string of the molecule is COc1cnc2cccc(C(O)CN3CCC(NCN4C=c5cnsc5=CC4)CC3)c2c1. The summed E-state index contributed by atoms with van der Waals surface area (Å²) in [7, 11) is 1.64. The Labute approximate surface area is 191 Å². The van der Waals surface area contributed by atoms with Crippen LogP contribution in [0.1, 0.15) is 24.5 Å². The second-order valence-electron chi connectivity index (χ2n) is 8.49. The molecule has 4 heterocycles. The Balaban J connectivity index is 1.14. The number of aliphatic hydroxyl groups excluding tert-OH is 1. The van der Waals surface area contributed by atoms with Gasteiger partial charge in [-0.2, -0.15) is 4.37 Å². The summed E-state index contributed by atoms with van der Waals surface area (Å²) in [6, 6.07) is 8.38. The van der Waals surface area contributed by atoms with E-state index in [9.17, 15) is 5.11 Å². The van der Waals surface area contributed by atoms with Gasteiger partial charge in [0.2, 0.25) is 0 Å². The predicted octanol–water partition coefficient (Wildman–Crippen LogP) is 1.28. The van der Waals surface area contributed by atoms with Crippen molar-refractivity contribution in [3.63, 3.8) is 0 Å². The summed E-state index contributed by atoms with van der Waals surface area (Å²) in [4.78, 5) is 9.11. The number of ether oxygens (including phenoxy) is 1. The lowest BCUT2D eigenvalue weighted by molar-refractivity contribution is 0.0939. The monoisotopic (exact) mass is 451 g/mol. The topological polar surface area (TPSA) is 73.8 Å². The number of hydrogen-bond acceptors (Lipinski definition) is 8. The van der Waals surface area contributed by atoms with E-state index in [4.69, 9.17) is 4.74 Å². The van der Waals surface area contributed by atoms with Crippen LogP contribution in [0.5, 0.6) is 5.75 Å². The molecule has 2 aliphatic heterocycles. The number of likely N-dealkylation sites (tertiary alicyclic amines) is 1. The molecule has 2 aromatic heterocycles. The number of fused-ring (bicyclic) bond motifs is 2. The van der Waals surface area contributed by atoms with E-state index in [1.165, 1.54) is 9.75 Å². The smallest absolute Gasteiger partial charge is 0.137 e. The second kappa shape index (κ2) is 9.54. The molecule has 0 spiro atoms. The highest BCUT2D eigenvalue weighted by Crippen LogP contribution is 2.27. The van der Waals surface area contributed by atoms with Gasteiger partial charge >= 0.3 is 0 Å². The molecule has 1 fully saturated rings. The summed E-state index contributed by atoms with van der Waals surface area (Å²) >= 11 is 1.56. The van der Waals surface area contributed by atoms with Gasteiger partial charge in [0.15, 0.2) is 0 Å². The van der Waals surface area contributed by atoms with Crippen molar-refractivity contribution in [2.45, 2.75) is 25.0 Å². The second-order valence-corrected chi connectivity index (χ2v) is 9.33. The van der Waals surface area contributed by atoms with Crippen LogP contribution in [0, 0.1) is 0 Å². The van der Waals surface area contributed by atoms with E-state index >= 15 is 0 Å². The van der Waals surface area contributed by atoms with E-state index in [1.807, 2.05) is 30.5 Å². The summed E-state index contributed by atoms with van der Waals surface area (Å²) in [6.45, 7) is 4.37. The third-order valence-electron chi connectivity index (χ3n) is 6.39. The Morgan fingerprint density at radius 1 is 1.28 bits per heavy atom. The van der Waals surface area contributed by atoms with Gasteiger partial charge in [-0.15, -0.1) is 0 Å². The third-order valence-corrected chi connectivity index (χ3v) is 7.20. The molecule has 2 aliphatic rings. The number of nitrogens with one attached hydrogen (secondary N) is 1. The maximum atomic E-state index is 11.0. The normalized spacial score (nSPS) is 18.1. The van der Waals surface area contributed by atoms with Gasteiger partial charge in [-0.25, -0.2) is 0 Å². The summed E-state index contributed by atoms with van der Waals surface area (Å²) in [5, 5.41) is 16.9. The van der Waals surface area contributed by atoms with E-state index in [2.05, 4.69) is 36.8 Å². The summed E-state index contributed by atoms with van der Waals surface area (Å²) in [6.07, 6.45) is 9.72. The molecule has 2 N–H and O–H groups in total.